The highest BCUT2D eigenvalue weighted by Crippen LogP contribution is 2.12. The molecule has 116 valence electrons. The molecule has 2 rings (SSSR count). The van der Waals surface area contributed by atoms with Crippen molar-refractivity contribution in [3.8, 4) is 0 Å². The molecule has 0 unspecified atom stereocenters. The van der Waals surface area contributed by atoms with E-state index in [2.05, 4.69) is 11.4 Å². The third-order valence-electron chi connectivity index (χ3n) is 3.78. The molecule has 2 amide bonds. The highest BCUT2D eigenvalue weighted by Gasteiger charge is 2.15. The van der Waals surface area contributed by atoms with Crippen molar-refractivity contribution < 1.29 is 9.59 Å². The normalized spacial score (nSPS) is 15.8. The van der Waals surface area contributed by atoms with Crippen LogP contribution in [0.25, 0.3) is 0 Å². The summed E-state index contributed by atoms with van der Waals surface area (Å²) >= 11 is 1.69. The van der Waals surface area contributed by atoms with Crippen LogP contribution < -0.4 is 5.32 Å². The SMILES string of the molecule is O=C(CCc1cccs1)NCCCN1CCCCCC1=O. The Morgan fingerprint density at radius 1 is 1.33 bits per heavy atom. The maximum atomic E-state index is 11.8. The Kier molecular flexibility index (Phi) is 6.73. The zero-order valence-electron chi connectivity index (χ0n) is 12.5. The minimum Gasteiger partial charge on any atom is -0.356 e. The number of hydrogen-bond acceptors (Lipinski definition) is 3. The number of aryl methyl sites for hydroxylation is 1. The van der Waals surface area contributed by atoms with E-state index in [1.165, 1.54) is 4.88 Å². The second kappa shape index (κ2) is 8.82. The molecule has 0 bridgehead atoms. The van der Waals surface area contributed by atoms with Gasteiger partial charge < -0.3 is 10.2 Å². The number of rotatable bonds is 7. The van der Waals surface area contributed by atoms with E-state index in [4.69, 9.17) is 0 Å². The average molecular weight is 308 g/mol. The number of hydrogen-bond donors (Lipinski definition) is 1. The molecule has 0 aliphatic carbocycles. The van der Waals surface area contributed by atoms with Crippen LogP contribution in [0.2, 0.25) is 0 Å². The molecule has 0 radical (unpaired) electrons. The van der Waals surface area contributed by atoms with Gasteiger partial charge >= 0.3 is 0 Å². The van der Waals surface area contributed by atoms with Crippen LogP contribution in [-0.2, 0) is 16.0 Å². The smallest absolute Gasteiger partial charge is 0.222 e. The Labute approximate surface area is 130 Å². The fourth-order valence-electron chi connectivity index (χ4n) is 2.55. The topological polar surface area (TPSA) is 49.4 Å². The summed E-state index contributed by atoms with van der Waals surface area (Å²) < 4.78 is 0. The predicted octanol–water partition coefficient (Wildman–Crippen LogP) is 2.59. The summed E-state index contributed by atoms with van der Waals surface area (Å²) in [5.74, 6) is 0.377. The summed E-state index contributed by atoms with van der Waals surface area (Å²) in [5.41, 5.74) is 0. The minimum atomic E-state index is 0.102. The lowest BCUT2D eigenvalue weighted by Gasteiger charge is -2.20. The van der Waals surface area contributed by atoms with Gasteiger partial charge in [-0.25, -0.2) is 0 Å². The van der Waals surface area contributed by atoms with Gasteiger partial charge in [0, 0.05) is 37.4 Å². The highest BCUT2D eigenvalue weighted by atomic mass is 32.1. The molecule has 0 atom stereocenters. The molecule has 1 aliphatic rings. The molecule has 1 N–H and O–H groups in total. The van der Waals surface area contributed by atoms with E-state index in [0.29, 0.717) is 19.4 Å². The molecule has 5 heteroatoms. The van der Waals surface area contributed by atoms with E-state index >= 15 is 0 Å². The quantitative estimate of drug-likeness (QED) is 0.787. The van der Waals surface area contributed by atoms with Crippen LogP contribution in [0.3, 0.4) is 0 Å². The average Bonchev–Trinajstić information content (AvgIpc) is 2.92. The van der Waals surface area contributed by atoms with Gasteiger partial charge in [-0.2, -0.15) is 0 Å². The second-order valence-corrected chi connectivity index (χ2v) is 6.51. The van der Waals surface area contributed by atoms with E-state index in [0.717, 1.165) is 45.2 Å². The molecule has 0 aromatic carbocycles. The van der Waals surface area contributed by atoms with Gasteiger partial charge in [0.05, 0.1) is 0 Å². The van der Waals surface area contributed by atoms with Gasteiger partial charge in [0.2, 0.25) is 11.8 Å². The first-order valence-electron chi connectivity index (χ1n) is 7.82. The van der Waals surface area contributed by atoms with Crippen molar-refractivity contribution in [3.05, 3.63) is 22.4 Å². The molecule has 1 aliphatic heterocycles. The Balaban J connectivity index is 1.56. The third-order valence-corrected chi connectivity index (χ3v) is 4.71. The van der Waals surface area contributed by atoms with Gasteiger partial charge in [0.25, 0.3) is 0 Å². The number of likely N-dealkylation sites (tertiary alicyclic amines) is 1. The fraction of sp³-hybridized carbons (Fsp3) is 0.625. The molecule has 21 heavy (non-hydrogen) atoms. The zero-order valence-corrected chi connectivity index (χ0v) is 13.3. The molecule has 1 aromatic rings. The Morgan fingerprint density at radius 2 is 2.24 bits per heavy atom. The van der Waals surface area contributed by atoms with Crippen LogP contribution in [0.1, 0.15) is 43.4 Å². The number of nitrogens with one attached hydrogen (secondary N) is 1. The van der Waals surface area contributed by atoms with Gasteiger partial charge in [-0.05, 0) is 37.1 Å². The molecular weight excluding hydrogens is 284 g/mol. The Bertz CT molecular complexity index is 445. The van der Waals surface area contributed by atoms with E-state index in [1.54, 1.807) is 11.3 Å². The molecule has 0 spiro atoms. The van der Waals surface area contributed by atoms with Crippen molar-refractivity contribution in [2.45, 2.75) is 44.9 Å². The number of carbonyl (C=O) groups is 2. The molecule has 2 heterocycles. The fourth-order valence-corrected chi connectivity index (χ4v) is 3.26. The minimum absolute atomic E-state index is 0.102. The van der Waals surface area contributed by atoms with Crippen molar-refractivity contribution in [3.63, 3.8) is 0 Å². The standard InChI is InChI=1S/C16H24N2O2S/c19-15(9-8-14-6-4-13-21-14)17-10-5-12-18-11-3-1-2-7-16(18)20/h4,6,13H,1-3,5,7-12H2,(H,17,19). The molecule has 0 saturated carbocycles. The van der Waals surface area contributed by atoms with E-state index < -0.39 is 0 Å². The Hall–Kier alpha value is -1.36. The van der Waals surface area contributed by atoms with Crippen molar-refractivity contribution in [2.24, 2.45) is 0 Å². The lowest BCUT2D eigenvalue weighted by atomic mass is 10.2. The first kappa shape index (κ1) is 16.0. The van der Waals surface area contributed by atoms with Crippen molar-refractivity contribution >= 4 is 23.2 Å². The summed E-state index contributed by atoms with van der Waals surface area (Å²) in [6, 6.07) is 4.07. The zero-order chi connectivity index (χ0) is 14.9. The van der Waals surface area contributed by atoms with Crippen LogP contribution in [0.5, 0.6) is 0 Å². The van der Waals surface area contributed by atoms with E-state index in [1.807, 2.05) is 16.3 Å². The van der Waals surface area contributed by atoms with Crippen LogP contribution in [-0.4, -0.2) is 36.3 Å². The summed E-state index contributed by atoms with van der Waals surface area (Å²) in [7, 11) is 0. The predicted molar refractivity (Wildman–Crippen MR) is 85.3 cm³/mol. The number of carbonyl (C=O) groups excluding carboxylic acids is 2. The summed E-state index contributed by atoms with van der Waals surface area (Å²) in [4.78, 5) is 26.7. The summed E-state index contributed by atoms with van der Waals surface area (Å²) in [6.45, 7) is 2.31. The van der Waals surface area contributed by atoms with E-state index in [-0.39, 0.29) is 11.8 Å². The molecule has 1 fully saturated rings. The second-order valence-electron chi connectivity index (χ2n) is 5.47. The maximum Gasteiger partial charge on any atom is 0.222 e. The first-order valence-corrected chi connectivity index (χ1v) is 8.70. The molecule has 4 nitrogen and oxygen atoms in total. The molecule has 1 aromatic heterocycles. The lowest BCUT2D eigenvalue weighted by Crippen LogP contribution is -2.34. The van der Waals surface area contributed by atoms with Crippen molar-refractivity contribution in [1.82, 2.24) is 10.2 Å². The lowest BCUT2D eigenvalue weighted by molar-refractivity contribution is -0.130. The van der Waals surface area contributed by atoms with Gasteiger partial charge in [-0.15, -0.1) is 11.3 Å². The van der Waals surface area contributed by atoms with Crippen LogP contribution in [0.4, 0.5) is 0 Å². The third kappa shape index (κ3) is 5.87. The number of amides is 2. The van der Waals surface area contributed by atoms with Crippen molar-refractivity contribution in [2.75, 3.05) is 19.6 Å². The molecular formula is C16H24N2O2S. The highest BCUT2D eigenvalue weighted by molar-refractivity contribution is 7.09. The first-order chi connectivity index (χ1) is 10.3. The number of thiophene rings is 1. The van der Waals surface area contributed by atoms with E-state index in [9.17, 15) is 9.59 Å². The largest absolute Gasteiger partial charge is 0.356 e. The summed E-state index contributed by atoms with van der Waals surface area (Å²) in [6.07, 6.45) is 6.18. The summed E-state index contributed by atoms with van der Waals surface area (Å²) in [5, 5.41) is 4.98. The Morgan fingerprint density at radius 3 is 3.05 bits per heavy atom. The van der Waals surface area contributed by atoms with Gasteiger partial charge in [-0.1, -0.05) is 12.5 Å². The van der Waals surface area contributed by atoms with Gasteiger partial charge in [0.1, 0.15) is 0 Å². The van der Waals surface area contributed by atoms with Gasteiger partial charge in [-0.3, -0.25) is 9.59 Å². The maximum absolute atomic E-state index is 11.8. The molecule has 1 saturated heterocycles. The number of nitrogens with zero attached hydrogens (tertiary/aromatic N) is 1. The van der Waals surface area contributed by atoms with Gasteiger partial charge in [0.15, 0.2) is 0 Å². The monoisotopic (exact) mass is 308 g/mol. The van der Waals surface area contributed by atoms with Crippen molar-refractivity contribution in [1.29, 1.82) is 0 Å². The van der Waals surface area contributed by atoms with Crippen LogP contribution >= 0.6 is 11.3 Å². The van der Waals surface area contributed by atoms with Crippen LogP contribution in [0.15, 0.2) is 17.5 Å². The van der Waals surface area contributed by atoms with Crippen LogP contribution in [0, 0.1) is 0 Å².